The zero-order chi connectivity index (χ0) is 16.3. The van der Waals surface area contributed by atoms with Gasteiger partial charge in [-0.05, 0) is 35.6 Å². The highest BCUT2D eigenvalue weighted by atomic mass is 35.5. The Morgan fingerprint density at radius 3 is 2.73 bits per heavy atom. The second-order valence-corrected chi connectivity index (χ2v) is 7.43. The molecular formula is C14H15ClN2O3S2. The summed E-state index contributed by atoms with van der Waals surface area (Å²) in [5, 5.41) is 6.31. The maximum Gasteiger partial charge on any atom is 0.262 e. The Bertz CT molecular complexity index is 800. The summed E-state index contributed by atoms with van der Waals surface area (Å²) >= 11 is 7.31. The molecule has 118 valence electrons. The molecule has 0 saturated carbocycles. The molecule has 0 aliphatic heterocycles. The van der Waals surface area contributed by atoms with Crippen LogP contribution in [0.5, 0.6) is 0 Å². The number of benzene rings is 1. The van der Waals surface area contributed by atoms with E-state index in [1.54, 1.807) is 29.8 Å². The third kappa shape index (κ3) is 3.60. The van der Waals surface area contributed by atoms with Gasteiger partial charge in [-0.2, -0.15) is 0 Å². The molecule has 22 heavy (non-hydrogen) atoms. The van der Waals surface area contributed by atoms with Crippen molar-refractivity contribution >= 4 is 44.6 Å². The van der Waals surface area contributed by atoms with E-state index in [0.29, 0.717) is 21.8 Å². The summed E-state index contributed by atoms with van der Waals surface area (Å²) < 4.78 is 27.6. The normalized spacial score (nSPS) is 11.2. The molecule has 0 radical (unpaired) electrons. The number of thiophene rings is 1. The van der Waals surface area contributed by atoms with Gasteiger partial charge < -0.3 is 5.32 Å². The van der Waals surface area contributed by atoms with Crippen LogP contribution in [0.4, 0.5) is 5.69 Å². The van der Waals surface area contributed by atoms with Crippen molar-refractivity contribution in [3.63, 3.8) is 0 Å². The van der Waals surface area contributed by atoms with Crippen molar-refractivity contribution in [2.24, 2.45) is 0 Å². The Hall–Kier alpha value is -1.57. The van der Waals surface area contributed by atoms with E-state index >= 15 is 0 Å². The Labute approximate surface area is 138 Å². The molecule has 2 aromatic rings. The van der Waals surface area contributed by atoms with Crippen LogP contribution >= 0.6 is 22.9 Å². The number of hydrogen-bond donors (Lipinski definition) is 2. The first-order valence-electron chi connectivity index (χ1n) is 6.38. The van der Waals surface area contributed by atoms with Crippen LogP contribution in [-0.4, -0.2) is 21.4 Å². The highest BCUT2D eigenvalue weighted by Crippen LogP contribution is 2.28. The van der Waals surface area contributed by atoms with E-state index in [0.717, 1.165) is 0 Å². The lowest BCUT2D eigenvalue weighted by Gasteiger charge is -2.11. The van der Waals surface area contributed by atoms with Crippen molar-refractivity contribution in [2.45, 2.75) is 18.2 Å². The van der Waals surface area contributed by atoms with Gasteiger partial charge >= 0.3 is 0 Å². The molecule has 8 heteroatoms. The van der Waals surface area contributed by atoms with Gasteiger partial charge in [-0.15, -0.1) is 11.3 Å². The number of hydrogen-bond acceptors (Lipinski definition) is 4. The quantitative estimate of drug-likeness (QED) is 0.863. The molecule has 1 aromatic heterocycles. The summed E-state index contributed by atoms with van der Waals surface area (Å²) in [6, 6.07) is 4.72. The molecule has 0 aliphatic carbocycles. The van der Waals surface area contributed by atoms with Crippen LogP contribution in [0.15, 0.2) is 33.9 Å². The molecule has 5 nitrogen and oxygen atoms in total. The third-order valence-electron chi connectivity index (χ3n) is 3.12. The standard InChI is InChI=1S/C14H15ClN2O3S2/c1-9-11(15)4-3-5-13(9)22(19,20)17-12-8-21-7-10(12)6-14(18)16-2/h3-5,7-8,17H,6H2,1-2H3,(H,16,18). The Kier molecular flexibility index (Phi) is 5.10. The Balaban J connectivity index is 2.32. The van der Waals surface area contributed by atoms with Crippen LogP contribution in [0.3, 0.4) is 0 Å². The van der Waals surface area contributed by atoms with E-state index in [2.05, 4.69) is 10.0 Å². The van der Waals surface area contributed by atoms with Crippen molar-refractivity contribution in [3.05, 3.63) is 45.1 Å². The van der Waals surface area contributed by atoms with Crippen molar-refractivity contribution in [1.29, 1.82) is 0 Å². The predicted molar refractivity (Wildman–Crippen MR) is 89.1 cm³/mol. The fourth-order valence-electron chi connectivity index (χ4n) is 1.89. The number of rotatable bonds is 5. The lowest BCUT2D eigenvalue weighted by atomic mass is 10.2. The summed E-state index contributed by atoms with van der Waals surface area (Å²) in [5.41, 5.74) is 1.53. The number of nitrogens with one attached hydrogen (secondary N) is 2. The molecule has 0 unspecified atom stereocenters. The molecule has 0 spiro atoms. The first-order valence-corrected chi connectivity index (χ1v) is 9.19. The second-order valence-electron chi connectivity index (χ2n) is 4.63. The fraction of sp³-hybridized carbons (Fsp3) is 0.214. The number of likely N-dealkylation sites (N-methyl/N-ethyl adjacent to an activating group) is 1. The maximum atomic E-state index is 12.5. The van der Waals surface area contributed by atoms with Crippen LogP contribution in [0.25, 0.3) is 0 Å². The van der Waals surface area contributed by atoms with E-state index in [9.17, 15) is 13.2 Å². The van der Waals surface area contributed by atoms with E-state index in [1.807, 2.05) is 0 Å². The molecule has 0 bridgehead atoms. The maximum absolute atomic E-state index is 12.5. The number of anilines is 1. The first kappa shape index (κ1) is 16.8. The Morgan fingerprint density at radius 1 is 1.32 bits per heavy atom. The van der Waals surface area contributed by atoms with Crippen LogP contribution in [0.2, 0.25) is 5.02 Å². The van der Waals surface area contributed by atoms with Gasteiger partial charge in [0.05, 0.1) is 17.0 Å². The molecule has 0 fully saturated rings. The zero-order valence-electron chi connectivity index (χ0n) is 12.0. The van der Waals surface area contributed by atoms with Gasteiger partial charge in [0.25, 0.3) is 10.0 Å². The van der Waals surface area contributed by atoms with Crippen molar-refractivity contribution in [3.8, 4) is 0 Å². The number of carbonyl (C=O) groups excluding carboxylic acids is 1. The first-order chi connectivity index (χ1) is 10.3. The van der Waals surface area contributed by atoms with Gasteiger partial charge in [0.15, 0.2) is 0 Å². The van der Waals surface area contributed by atoms with E-state index in [-0.39, 0.29) is 17.2 Å². The van der Waals surface area contributed by atoms with Gasteiger partial charge in [0, 0.05) is 17.5 Å². The highest BCUT2D eigenvalue weighted by Gasteiger charge is 2.20. The van der Waals surface area contributed by atoms with E-state index < -0.39 is 10.0 Å². The van der Waals surface area contributed by atoms with Gasteiger partial charge in [0.1, 0.15) is 0 Å². The van der Waals surface area contributed by atoms with Gasteiger partial charge in [-0.3, -0.25) is 9.52 Å². The number of sulfonamides is 1. The largest absolute Gasteiger partial charge is 0.359 e. The molecule has 2 rings (SSSR count). The summed E-state index contributed by atoms with van der Waals surface area (Å²) in [7, 11) is -2.23. The second kappa shape index (κ2) is 6.68. The van der Waals surface area contributed by atoms with E-state index in [4.69, 9.17) is 11.6 Å². The topological polar surface area (TPSA) is 75.3 Å². The van der Waals surface area contributed by atoms with Crippen molar-refractivity contribution in [1.82, 2.24) is 5.32 Å². The minimum Gasteiger partial charge on any atom is -0.359 e. The van der Waals surface area contributed by atoms with Crippen molar-refractivity contribution in [2.75, 3.05) is 11.8 Å². The smallest absolute Gasteiger partial charge is 0.262 e. The van der Waals surface area contributed by atoms with Gasteiger partial charge in [-0.25, -0.2) is 8.42 Å². The molecular weight excluding hydrogens is 344 g/mol. The van der Waals surface area contributed by atoms with Crippen LogP contribution in [0, 0.1) is 6.92 Å². The lowest BCUT2D eigenvalue weighted by molar-refractivity contribution is -0.119. The minimum atomic E-state index is -3.76. The monoisotopic (exact) mass is 358 g/mol. The fourth-order valence-corrected chi connectivity index (χ4v) is 4.34. The molecule has 1 heterocycles. The zero-order valence-corrected chi connectivity index (χ0v) is 14.4. The average Bonchev–Trinajstić information content (AvgIpc) is 2.87. The summed E-state index contributed by atoms with van der Waals surface area (Å²) in [5.74, 6) is -0.183. The lowest BCUT2D eigenvalue weighted by Crippen LogP contribution is -2.21. The van der Waals surface area contributed by atoms with Gasteiger partial charge in [-0.1, -0.05) is 17.7 Å². The van der Waals surface area contributed by atoms with Crippen LogP contribution < -0.4 is 10.0 Å². The number of amides is 1. The summed E-state index contributed by atoms with van der Waals surface area (Å²) in [6.45, 7) is 1.65. The molecule has 1 aromatic carbocycles. The SMILES string of the molecule is CNC(=O)Cc1cscc1NS(=O)(=O)c1cccc(Cl)c1C. The summed E-state index contributed by atoms with van der Waals surface area (Å²) in [4.78, 5) is 11.6. The molecule has 0 atom stereocenters. The average molecular weight is 359 g/mol. The van der Waals surface area contributed by atoms with Crippen molar-refractivity contribution < 1.29 is 13.2 Å². The molecule has 0 saturated heterocycles. The molecule has 1 amide bonds. The van der Waals surface area contributed by atoms with E-state index in [1.165, 1.54) is 24.5 Å². The summed E-state index contributed by atoms with van der Waals surface area (Å²) in [6.07, 6.45) is 0.117. The minimum absolute atomic E-state index is 0.117. The molecule has 0 aliphatic rings. The third-order valence-corrected chi connectivity index (χ3v) is 5.84. The predicted octanol–water partition coefficient (Wildman–Crippen LogP) is 2.80. The number of carbonyl (C=O) groups is 1. The van der Waals surface area contributed by atoms with Crippen LogP contribution in [-0.2, 0) is 21.2 Å². The number of halogens is 1. The molecule has 2 N–H and O–H groups in total. The Morgan fingerprint density at radius 2 is 2.05 bits per heavy atom. The van der Waals surface area contributed by atoms with Crippen LogP contribution in [0.1, 0.15) is 11.1 Å². The van der Waals surface area contributed by atoms with Gasteiger partial charge in [0.2, 0.25) is 5.91 Å². The highest BCUT2D eigenvalue weighted by molar-refractivity contribution is 7.92.